The van der Waals surface area contributed by atoms with Crippen LogP contribution in [0.3, 0.4) is 0 Å². The van der Waals surface area contributed by atoms with E-state index in [0.29, 0.717) is 17.4 Å². The Morgan fingerprint density at radius 3 is 2.64 bits per heavy atom. The molecule has 0 aliphatic heterocycles. The summed E-state index contributed by atoms with van der Waals surface area (Å²) >= 11 is 5.96. The van der Waals surface area contributed by atoms with Crippen LogP contribution in [-0.4, -0.2) is 26.5 Å². The van der Waals surface area contributed by atoms with Crippen molar-refractivity contribution in [3.05, 3.63) is 82.8 Å². The molecule has 126 valence electrons. The molecule has 0 radical (unpaired) electrons. The molecule has 0 bridgehead atoms. The minimum atomic E-state index is -1.08. The van der Waals surface area contributed by atoms with Gasteiger partial charge in [0.2, 0.25) is 0 Å². The Morgan fingerprint density at radius 1 is 1.12 bits per heavy atom. The van der Waals surface area contributed by atoms with Crippen LogP contribution in [-0.2, 0) is 6.54 Å². The molecule has 0 aliphatic rings. The zero-order valence-electron chi connectivity index (χ0n) is 13.0. The van der Waals surface area contributed by atoms with Crippen molar-refractivity contribution in [3.8, 4) is 0 Å². The molecule has 6 nitrogen and oxygen atoms in total. The summed E-state index contributed by atoms with van der Waals surface area (Å²) in [6.07, 6.45) is 3.30. The maximum atomic E-state index is 12.2. The first-order valence-electron chi connectivity index (χ1n) is 7.42. The molecule has 1 heterocycles. The number of carbonyl (C=O) groups excluding carboxylic acids is 1. The number of nitrogens with one attached hydrogen (secondary N) is 1. The third-order valence-corrected chi connectivity index (χ3v) is 3.74. The van der Waals surface area contributed by atoms with Gasteiger partial charge in [0.15, 0.2) is 5.82 Å². The van der Waals surface area contributed by atoms with E-state index in [2.05, 4.69) is 10.3 Å². The van der Waals surface area contributed by atoms with E-state index in [1.54, 1.807) is 24.7 Å². The lowest BCUT2D eigenvalue weighted by Crippen LogP contribution is -2.13. The minimum absolute atomic E-state index is 0.0548. The van der Waals surface area contributed by atoms with Crippen LogP contribution in [0.25, 0.3) is 0 Å². The largest absolute Gasteiger partial charge is 0.478 e. The minimum Gasteiger partial charge on any atom is -0.478 e. The average molecular weight is 356 g/mol. The van der Waals surface area contributed by atoms with E-state index in [1.807, 2.05) is 22.8 Å². The summed E-state index contributed by atoms with van der Waals surface area (Å²) in [5.74, 6) is -1.12. The smallest absolute Gasteiger partial charge is 0.335 e. The fraction of sp³-hybridized carbons (Fsp3) is 0.0556. The summed E-state index contributed by atoms with van der Waals surface area (Å²) in [6.45, 7) is 0.567. The number of aromatic carboxylic acids is 1. The zero-order chi connectivity index (χ0) is 17.8. The van der Waals surface area contributed by atoms with Crippen molar-refractivity contribution in [2.24, 2.45) is 0 Å². The predicted octanol–water partition coefficient (Wildman–Crippen LogP) is 3.54. The van der Waals surface area contributed by atoms with Gasteiger partial charge in [-0.05, 0) is 35.9 Å². The number of benzene rings is 2. The summed E-state index contributed by atoms with van der Waals surface area (Å²) in [4.78, 5) is 27.3. The van der Waals surface area contributed by atoms with E-state index in [9.17, 15) is 9.59 Å². The molecular formula is C18H14ClN3O3. The summed E-state index contributed by atoms with van der Waals surface area (Å²) in [6, 6.07) is 13.3. The van der Waals surface area contributed by atoms with Crippen LogP contribution in [0.4, 0.5) is 5.82 Å². The van der Waals surface area contributed by atoms with Crippen LogP contribution in [0.15, 0.2) is 61.1 Å². The lowest BCUT2D eigenvalue weighted by molar-refractivity contribution is 0.0697. The van der Waals surface area contributed by atoms with E-state index in [1.165, 1.54) is 18.2 Å². The Hall–Kier alpha value is -3.12. The average Bonchev–Trinajstić information content (AvgIpc) is 3.02. The number of carboxylic acid groups (broad SMARTS) is 1. The summed E-state index contributed by atoms with van der Waals surface area (Å²) in [5.41, 5.74) is 1.32. The van der Waals surface area contributed by atoms with Crippen LogP contribution in [0.2, 0.25) is 5.02 Å². The first-order chi connectivity index (χ1) is 12.0. The molecule has 3 aromatic rings. The third kappa shape index (κ3) is 4.24. The molecule has 2 aromatic carbocycles. The van der Waals surface area contributed by atoms with Crippen molar-refractivity contribution < 1.29 is 14.7 Å². The Balaban J connectivity index is 1.69. The first-order valence-corrected chi connectivity index (χ1v) is 7.80. The van der Waals surface area contributed by atoms with Crippen LogP contribution in [0.1, 0.15) is 26.3 Å². The molecule has 7 heteroatoms. The molecule has 2 N–H and O–H groups in total. The van der Waals surface area contributed by atoms with E-state index in [0.717, 1.165) is 5.56 Å². The molecular weight excluding hydrogens is 342 g/mol. The number of halogens is 1. The number of rotatable bonds is 5. The van der Waals surface area contributed by atoms with Crippen LogP contribution < -0.4 is 5.32 Å². The summed E-state index contributed by atoms with van der Waals surface area (Å²) in [5, 5.41) is 12.3. The van der Waals surface area contributed by atoms with Gasteiger partial charge >= 0.3 is 5.97 Å². The summed E-state index contributed by atoms with van der Waals surface area (Å²) < 4.78 is 1.81. The highest BCUT2D eigenvalue weighted by Gasteiger charge is 2.11. The normalized spacial score (nSPS) is 10.4. The van der Waals surface area contributed by atoms with E-state index >= 15 is 0 Å². The topological polar surface area (TPSA) is 84.2 Å². The maximum absolute atomic E-state index is 12.2. The monoisotopic (exact) mass is 355 g/mol. The molecule has 3 rings (SSSR count). The molecule has 0 saturated carbocycles. The Kier molecular flexibility index (Phi) is 4.81. The van der Waals surface area contributed by atoms with E-state index in [4.69, 9.17) is 16.7 Å². The van der Waals surface area contributed by atoms with Crippen LogP contribution in [0.5, 0.6) is 0 Å². The molecule has 1 aromatic heterocycles. The number of hydrogen-bond acceptors (Lipinski definition) is 3. The Bertz CT molecular complexity index is 937. The standard InChI is InChI=1S/C18H14ClN3O3/c19-15-6-1-3-12(7-15)9-22-10-16(20-11-22)21-17(23)13-4-2-5-14(8-13)18(24)25/h1-8,10-11H,9H2,(H,21,23)(H,24,25). The molecule has 0 saturated heterocycles. The Morgan fingerprint density at radius 2 is 1.88 bits per heavy atom. The van der Waals surface area contributed by atoms with E-state index < -0.39 is 11.9 Å². The van der Waals surface area contributed by atoms with Crippen molar-refractivity contribution in [2.75, 3.05) is 5.32 Å². The van der Waals surface area contributed by atoms with Gasteiger partial charge in [-0.3, -0.25) is 4.79 Å². The molecule has 0 spiro atoms. The maximum Gasteiger partial charge on any atom is 0.335 e. The van der Waals surface area contributed by atoms with Crippen molar-refractivity contribution in [2.45, 2.75) is 6.54 Å². The summed E-state index contributed by atoms with van der Waals surface area (Å²) in [7, 11) is 0. The predicted molar refractivity (Wildman–Crippen MR) is 94.1 cm³/mol. The highest BCUT2D eigenvalue weighted by molar-refractivity contribution is 6.30. The molecule has 0 fully saturated rings. The Labute approximate surface area is 148 Å². The van der Waals surface area contributed by atoms with Crippen LogP contribution >= 0.6 is 11.6 Å². The third-order valence-electron chi connectivity index (χ3n) is 3.50. The number of carboxylic acids is 1. The van der Waals surface area contributed by atoms with Crippen molar-refractivity contribution >= 4 is 29.3 Å². The second kappa shape index (κ2) is 7.19. The molecule has 25 heavy (non-hydrogen) atoms. The van der Waals surface area contributed by atoms with Gasteiger partial charge in [-0.1, -0.05) is 29.8 Å². The number of anilines is 1. The number of hydrogen-bond donors (Lipinski definition) is 2. The van der Waals surface area contributed by atoms with Gasteiger partial charge in [-0.15, -0.1) is 0 Å². The van der Waals surface area contributed by atoms with Gasteiger partial charge in [0.1, 0.15) is 0 Å². The number of carbonyl (C=O) groups is 2. The van der Waals surface area contributed by atoms with Gasteiger partial charge in [-0.2, -0.15) is 0 Å². The van der Waals surface area contributed by atoms with Gasteiger partial charge in [0, 0.05) is 23.3 Å². The van der Waals surface area contributed by atoms with E-state index in [-0.39, 0.29) is 11.1 Å². The molecule has 0 unspecified atom stereocenters. The van der Waals surface area contributed by atoms with Crippen molar-refractivity contribution in [3.63, 3.8) is 0 Å². The van der Waals surface area contributed by atoms with Crippen molar-refractivity contribution in [1.29, 1.82) is 0 Å². The fourth-order valence-corrected chi connectivity index (χ4v) is 2.55. The highest BCUT2D eigenvalue weighted by atomic mass is 35.5. The highest BCUT2D eigenvalue weighted by Crippen LogP contribution is 2.14. The number of aromatic nitrogens is 2. The van der Waals surface area contributed by atoms with Gasteiger partial charge in [-0.25, -0.2) is 9.78 Å². The quantitative estimate of drug-likeness (QED) is 0.733. The second-order valence-electron chi connectivity index (χ2n) is 5.40. The zero-order valence-corrected chi connectivity index (χ0v) is 13.8. The first kappa shape index (κ1) is 16.7. The lowest BCUT2D eigenvalue weighted by Gasteiger charge is -2.04. The van der Waals surface area contributed by atoms with Gasteiger partial charge < -0.3 is 15.0 Å². The fourth-order valence-electron chi connectivity index (χ4n) is 2.34. The number of imidazole rings is 1. The van der Waals surface area contributed by atoms with Gasteiger partial charge in [0.25, 0.3) is 5.91 Å². The molecule has 0 atom stereocenters. The molecule has 1 amide bonds. The number of amides is 1. The number of nitrogens with zero attached hydrogens (tertiary/aromatic N) is 2. The second-order valence-corrected chi connectivity index (χ2v) is 5.84. The SMILES string of the molecule is O=C(O)c1cccc(C(=O)Nc2cn(Cc3cccc(Cl)c3)cn2)c1. The van der Waals surface area contributed by atoms with Crippen LogP contribution in [0, 0.1) is 0 Å². The molecule has 0 aliphatic carbocycles. The van der Waals surface area contributed by atoms with Gasteiger partial charge in [0.05, 0.1) is 11.9 Å². The van der Waals surface area contributed by atoms with Crippen molar-refractivity contribution in [1.82, 2.24) is 9.55 Å². The lowest BCUT2D eigenvalue weighted by atomic mass is 10.1.